The summed E-state index contributed by atoms with van der Waals surface area (Å²) in [6.45, 7) is 3.25. The Morgan fingerprint density at radius 2 is 2.29 bits per heavy atom. The number of halogens is 1. The average Bonchev–Trinajstić information content (AvgIpc) is 2.57. The SMILES string of the molecule is CCCNC(CC1CCC1)c1c(Br)nnn1C. The molecule has 1 aliphatic carbocycles. The number of nitrogens with zero attached hydrogens (tertiary/aromatic N) is 3. The smallest absolute Gasteiger partial charge is 0.153 e. The minimum atomic E-state index is 0.384. The largest absolute Gasteiger partial charge is 0.309 e. The van der Waals surface area contributed by atoms with E-state index in [1.165, 1.54) is 31.4 Å². The molecule has 1 aromatic heterocycles. The molecule has 17 heavy (non-hydrogen) atoms. The highest BCUT2D eigenvalue weighted by atomic mass is 79.9. The number of hydrogen-bond donors (Lipinski definition) is 1. The van der Waals surface area contributed by atoms with Gasteiger partial charge in [-0.15, -0.1) is 5.10 Å². The highest BCUT2D eigenvalue weighted by Gasteiger charge is 2.26. The van der Waals surface area contributed by atoms with Gasteiger partial charge in [0.1, 0.15) is 0 Å². The zero-order valence-electron chi connectivity index (χ0n) is 10.6. The third kappa shape index (κ3) is 3.07. The zero-order chi connectivity index (χ0) is 12.3. The van der Waals surface area contributed by atoms with Crippen LogP contribution in [0.2, 0.25) is 0 Å². The minimum absolute atomic E-state index is 0.384. The topological polar surface area (TPSA) is 42.7 Å². The molecule has 0 spiro atoms. The van der Waals surface area contributed by atoms with Crippen LogP contribution in [-0.2, 0) is 7.05 Å². The fourth-order valence-corrected chi connectivity index (χ4v) is 2.98. The lowest BCUT2D eigenvalue weighted by molar-refractivity contribution is 0.256. The van der Waals surface area contributed by atoms with Crippen molar-refractivity contribution in [1.29, 1.82) is 0 Å². The van der Waals surface area contributed by atoms with Crippen molar-refractivity contribution < 1.29 is 0 Å². The summed E-state index contributed by atoms with van der Waals surface area (Å²) in [6.07, 6.45) is 6.53. The van der Waals surface area contributed by atoms with Crippen LogP contribution in [0.15, 0.2) is 4.60 Å². The average molecular weight is 301 g/mol. The molecule has 1 unspecified atom stereocenters. The van der Waals surface area contributed by atoms with Crippen molar-refractivity contribution in [2.75, 3.05) is 6.54 Å². The molecule has 1 aliphatic rings. The van der Waals surface area contributed by atoms with Gasteiger partial charge >= 0.3 is 0 Å². The Kier molecular flexibility index (Phi) is 4.56. The third-order valence-corrected chi connectivity index (χ3v) is 4.16. The van der Waals surface area contributed by atoms with E-state index < -0.39 is 0 Å². The Morgan fingerprint density at radius 1 is 1.53 bits per heavy atom. The summed E-state index contributed by atoms with van der Waals surface area (Å²) in [5.41, 5.74) is 1.19. The second kappa shape index (κ2) is 5.96. The Morgan fingerprint density at radius 3 is 2.76 bits per heavy atom. The molecule has 0 bridgehead atoms. The Labute approximate surface area is 111 Å². The highest BCUT2D eigenvalue weighted by Crippen LogP contribution is 2.35. The van der Waals surface area contributed by atoms with Gasteiger partial charge in [0.2, 0.25) is 0 Å². The van der Waals surface area contributed by atoms with Crippen molar-refractivity contribution in [3.05, 3.63) is 10.3 Å². The zero-order valence-corrected chi connectivity index (χ0v) is 12.2. The predicted molar refractivity (Wildman–Crippen MR) is 71.7 cm³/mol. The van der Waals surface area contributed by atoms with E-state index in [1.54, 1.807) is 0 Å². The monoisotopic (exact) mass is 300 g/mol. The first-order valence-electron chi connectivity index (χ1n) is 6.50. The summed E-state index contributed by atoms with van der Waals surface area (Å²) in [7, 11) is 1.97. The van der Waals surface area contributed by atoms with E-state index in [9.17, 15) is 0 Å². The van der Waals surface area contributed by atoms with E-state index in [0.717, 1.165) is 23.5 Å². The van der Waals surface area contributed by atoms with Crippen molar-refractivity contribution in [3.8, 4) is 0 Å². The van der Waals surface area contributed by atoms with E-state index in [2.05, 4.69) is 38.5 Å². The molecule has 2 rings (SSSR count). The molecular formula is C12H21BrN4. The summed E-state index contributed by atoms with van der Waals surface area (Å²) in [5, 5.41) is 11.8. The lowest BCUT2D eigenvalue weighted by Gasteiger charge is -2.30. The number of aromatic nitrogens is 3. The Hall–Kier alpha value is -0.420. The van der Waals surface area contributed by atoms with Crippen LogP contribution in [0, 0.1) is 5.92 Å². The molecule has 1 saturated carbocycles. The maximum absolute atomic E-state index is 4.09. The maximum atomic E-state index is 4.09. The van der Waals surface area contributed by atoms with Crippen molar-refractivity contribution in [1.82, 2.24) is 20.3 Å². The first-order valence-corrected chi connectivity index (χ1v) is 7.30. The van der Waals surface area contributed by atoms with Crippen molar-refractivity contribution in [2.45, 2.75) is 45.1 Å². The molecule has 0 aromatic carbocycles. The van der Waals surface area contributed by atoms with Crippen LogP contribution in [0.1, 0.15) is 50.8 Å². The summed E-state index contributed by atoms with van der Waals surface area (Å²) in [4.78, 5) is 0. The summed E-state index contributed by atoms with van der Waals surface area (Å²) < 4.78 is 2.77. The van der Waals surface area contributed by atoms with Crippen molar-refractivity contribution >= 4 is 15.9 Å². The van der Waals surface area contributed by atoms with E-state index in [1.807, 2.05) is 11.7 Å². The van der Waals surface area contributed by atoms with Gasteiger partial charge in [-0.1, -0.05) is 31.4 Å². The van der Waals surface area contributed by atoms with Gasteiger partial charge in [0, 0.05) is 7.05 Å². The van der Waals surface area contributed by atoms with Gasteiger partial charge in [0.05, 0.1) is 11.7 Å². The number of hydrogen-bond acceptors (Lipinski definition) is 3. The van der Waals surface area contributed by atoms with Crippen LogP contribution in [-0.4, -0.2) is 21.5 Å². The molecular weight excluding hydrogens is 280 g/mol. The number of aryl methyl sites for hydroxylation is 1. The van der Waals surface area contributed by atoms with Crippen LogP contribution in [0.5, 0.6) is 0 Å². The van der Waals surface area contributed by atoms with Gasteiger partial charge in [-0.05, 0) is 41.2 Å². The first kappa shape index (κ1) is 13.0. The normalized spacial score (nSPS) is 18.1. The van der Waals surface area contributed by atoms with Gasteiger partial charge in [-0.2, -0.15) is 0 Å². The minimum Gasteiger partial charge on any atom is -0.309 e. The highest BCUT2D eigenvalue weighted by molar-refractivity contribution is 9.10. The summed E-state index contributed by atoms with van der Waals surface area (Å²) in [5.74, 6) is 0.881. The Bertz CT molecular complexity index is 340. The summed E-state index contributed by atoms with van der Waals surface area (Å²) >= 11 is 3.51. The molecule has 1 aromatic rings. The molecule has 5 heteroatoms. The van der Waals surface area contributed by atoms with Crippen LogP contribution < -0.4 is 5.32 Å². The van der Waals surface area contributed by atoms with Crippen molar-refractivity contribution in [3.63, 3.8) is 0 Å². The maximum Gasteiger partial charge on any atom is 0.153 e. The number of rotatable bonds is 6. The van der Waals surface area contributed by atoms with Crippen LogP contribution >= 0.6 is 15.9 Å². The third-order valence-electron chi connectivity index (χ3n) is 3.59. The van der Waals surface area contributed by atoms with Crippen LogP contribution in [0.25, 0.3) is 0 Å². The van der Waals surface area contributed by atoms with E-state index in [0.29, 0.717) is 6.04 Å². The second-order valence-corrected chi connectivity index (χ2v) is 5.68. The fraction of sp³-hybridized carbons (Fsp3) is 0.833. The van der Waals surface area contributed by atoms with Crippen LogP contribution in [0.4, 0.5) is 0 Å². The first-order chi connectivity index (χ1) is 8.22. The predicted octanol–water partition coefficient (Wildman–Crippen LogP) is 2.81. The molecule has 4 nitrogen and oxygen atoms in total. The van der Waals surface area contributed by atoms with Crippen molar-refractivity contribution in [2.24, 2.45) is 13.0 Å². The van der Waals surface area contributed by atoms with Gasteiger partial charge in [-0.25, -0.2) is 4.68 Å². The molecule has 96 valence electrons. The Balaban J connectivity index is 2.07. The lowest BCUT2D eigenvalue weighted by Crippen LogP contribution is -2.28. The van der Waals surface area contributed by atoms with E-state index in [-0.39, 0.29) is 0 Å². The lowest BCUT2D eigenvalue weighted by atomic mass is 9.80. The number of nitrogens with one attached hydrogen (secondary N) is 1. The molecule has 1 N–H and O–H groups in total. The van der Waals surface area contributed by atoms with E-state index in [4.69, 9.17) is 0 Å². The standard InChI is InChI=1S/C12H21BrN4/c1-3-7-14-10(8-9-5-4-6-9)11-12(13)15-16-17(11)2/h9-10,14H,3-8H2,1-2H3. The van der Waals surface area contributed by atoms with Crippen LogP contribution in [0.3, 0.4) is 0 Å². The van der Waals surface area contributed by atoms with Gasteiger partial charge in [0.15, 0.2) is 4.60 Å². The molecule has 0 amide bonds. The van der Waals surface area contributed by atoms with E-state index >= 15 is 0 Å². The van der Waals surface area contributed by atoms with Gasteiger partial charge < -0.3 is 5.32 Å². The molecule has 1 fully saturated rings. The molecule has 1 heterocycles. The quantitative estimate of drug-likeness (QED) is 0.878. The molecule has 0 saturated heterocycles. The van der Waals surface area contributed by atoms with Gasteiger partial charge in [-0.3, -0.25) is 0 Å². The molecule has 0 radical (unpaired) electrons. The summed E-state index contributed by atoms with van der Waals surface area (Å²) in [6, 6.07) is 0.384. The van der Waals surface area contributed by atoms with Gasteiger partial charge in [0.25, 0.3) is 0 Å². The fourth-order valence-electron chi connectivity index (χ4n) is 2.38. The molecule has 0 aliphatic heterocycles. The second-order valence-electron chi connectivity index (χ2n) is 4.93. The molecule has 1 atom stereocenters.